The molecular weight excluding hydrogens is 228 g/mol. The number of hydrogen-bond donors (Lipinski definition) is 2. The third-order valence-corrected chi connectivity index (χ3v) is 3.45. The van der Waals surface area contributed by atoms with Gasteiger partial charge in [0.05, 0.1) is 11.8 Å². The van der Waals surface area contributed by atoms with Gasteiger partial charge in [-0.2, -0.15) is 0 Å². The second-order valence-corrected chi connectivity index (χ2v) is 4.62. The molecule has 7 heteroatoms. The van der Waals surface area contributed by atoms with E-state index in [0.29, 0.717) is 11.5 Å². The molecule has 6 nitrogen and oxygen atoms in total. The summed E-state index contributed by atoms with van der Waals surface area (Å²) in [6.45, 7) is 0.543. The Hall–Kier alpha value is -1.21. The van der Waals surface area contributed by atoms with Crippen LogP contribution in [0.1, 0.15) is 19.3 Å². The second-order valence-electron chi connectivity index (χ2n) is 3.83. The zero-order valence-corrected chi connectivity index (χ0v) is 9.84. The lowest BCUT2D eigenvalue weighted by molar-refractivity contribution is -0.0671. The fourth-order valence-electron chi connectivity index (χ4n) is 1.64. The number of urea groups is 1. The number of hydrogen-bond acceptors (Lipinski definition) is 5. The first-order valence-corrected chi connectivity index (χ1v) is 5.89. The molecule has 88 valence electrons. The number of rotatable bonds is 4. The first kappa shape index (κ1) is 11.3. The Balaban J connectivity index is 1.75. The van der Waals surface area contributed by atoms with Gasteiger partial charge in [0.2, 0.25) is 0 Å². The van der Waals surface area contributed by atoms with Crippen molar-refractivity contribution in [2.75, 3.05) is 19.0 Å². The number of aromatic nitrogens is 2. The summed E-state index contributed by atoms with van der Waals surface area (Å²) in [7, 11) is 1.69. The summed E-state index contributed by atoms with van der Waals surface area (Å²) in [5.74, 6) is 0. The van der Waals surface area contributed by atoms with Crippen LogP contribution in [0.25, 0.3) is 0 Å². The molecule has 0 saturated heterocycles. The van der Waals surface area contributed by atoms with Crippen molar-refractivity contribution in [3.8, 4) is 0 Å². The molecule has 1 aromatic heterocycles. The Morgan fingerprint density at radius 2 is 2.50 bits per heavy atom. The van der Waals surface area contributed by atoms with Crippen LogP contribution < -0.4 is 10.6 Å². The smallest absolute Gasteiger partial charge is 0.320 e. The van der Waals surface area contributed by atoms with Gasteiger partial charge in [-0.15, -0.1) is 5.10 Å². The highest BCUT2D eigenvalue weighted by Crippen LogP contribution is 2.34. The van der Waals surface area contributed by atoms with E-state index in [2.05, 4.69) is 20.2 Å². The molecule has 0 spiro atoms. The molecule has 0 bridgehead atoms. The monoisotopic (exact) mass is 242 g/mol. The van der Waals surface area contributed by atoms with Gasteiger partial charge in [0.1, 0.15) is 5.00 Å². The molecule has 2 amide bonds. The molecule has 16 heavy (non-hydrogen) atoms. The Morgan fingerprint density at radius 1 is 1.69 bits per heavy atom. The number of amides is 2. The molecule has 1 aliphatic rings. The lowest BCUT2D eigenvalue weighted by atomic mass is 9.80. The van der Waals surface area contributed by atoms with Crippen molar-refractivity contribution in [1.29, 1.82) is 0 Å². The van der Waals surface area contributed by atoms with Gasteiger partial charge >= 0.3 is 6.03 Å². The Kier molecular flexibility index (Phi) is 3.35. The molecule has 0 atom stereocenters. The summed E-state index contributed by atoms with van der Waals surface area (Å²) in [5, 5.41) is 9.71. The Morgan fingerprint density at radius 3 is 3.00 bits per heavy atom. The molecule has 2 N–H and O–H groups in total. The number of carbonyl (C=O) groups is 1. The lowest BCUT2D eigenvalue weighted by Crippen LogP contribution is -2.50. The van der Waals surface area contributed by atoms with Crippen LogP contribution in [0, 0.1) is 0 Å². The van der Waals surface area contributed by atoms with Crippen LogP contribution in [0.5, 0.6) is 0 Å². The highest BCUT2D eigenvalue weighted by atomic mass is 32.1. The van der Waals surface area contributed by atoms with Crippen molar-refractivity contribution in [3.63, 3.8) is 0 Å². The first-order valence-electron chi connectivity index (χ1n) is 5.11. The summed E-state index contributed by atoms with van der Waals surface area (Å²) in [4.78, 5) is 11.5. The van der Waals surface area contributed by atoms with Gasteiger partial charge in [-0.1, -0.05) is 4.49 Å². The van der Waals surface area contributed by atoms with Gasteiger partial charge < -0.3 is 10.1 Å². The fourth-order valence-corrected chi connectivity index (χ4v) is 2.06. The molecular formula is C9H14N4O2S. The average Bonchev–Trinajstić information content (AvgIpc) is 2.69. The maximum atomic E-state index is 11.5. The highest BCUT2D eigenvalue weighted by Gasteiger charge is 2.37. The van der Waals surface area contributed by atoms with Crippen molar-refractivity contribution in [2.24, 2.45) is 0 Å². The maximum absolute atomic E-state index is 11.5. The first-order chi connectivity index (χ1) is 7.74. The predicted octanol–water partition coefficient (Wildman–Crippen LogP) is 1.23. The molecule has 1 fully saturated rings. The van der Waals surface area contributed by atoms with E-state index in [-0.39, 0.29) is 11.6 Å². The molecule has 2 rings (SSSR count). The third-order valence-electron chi connectivity index (χ3n) is 2.87. The van der Waals surface area contributed by atoms with Gasteiger partial charge in [0, 0.05) is 25.2 Å². The summed E-state index contributed by atoms with van der Waals surface area (Å²) in [6.07, 6.45) is 4.69. The van der Waals surface area contributed by atoms with E-state index >= 15 is 0 Å². The highest BCUT2D eigenvalue weighted by molar-refractivity contribution is 7.10. The number of nitrogens with zero attached hydrogens (tertiary/aromatic N) is 2. The summed E-state index contributed by atoms with van der Waals surface area (Å²) >= 11 is 1.15. The molecule has 0 unspecified atom stereocenters. The van der Waals surface area contributed by atoms with E-state index in [1.807, 2.05) is 0 Å². The van der Waals surface area contributed by atoms with E-state index in [1.54, 1.807) is 7.11 Å². The standard InChI is InChI=1S/C9H14N4O2S/c1-15-9(3-2-4-9)6-10-8(14)12-7-5-11-13-16-7/h5H,2-4,6H2,1H3,(H2,10,12,14). The van der Waals surface area contributed by atoms with Gasteiger partial charge in [0.15, 0.2) is 0 Å². The second kappa shape index (κ2) is 4.75. The minimum Gasteiger partial charge on any atom is -0.376 e. The minimum absolute atomic E-state index is 0.150. The van der Waals surface area contributed by atoms with Crippen LogP contribution in [-0.2, 0) is 4.74 Å². The topological polar surface area (TPSA) is 76.1 Å². The Labute approximate surface area is 97.5 Å². The SMILES string of the molecule is COC1(CNC(=O)Nc2cnns2)CCC1. The predicted molar refractivity (Wildman–Crippen MR) is 60.5 cm³/mol. The number of nitrogens with one attached hydrogen (secondary N) is 2. The van der Waals surface area contributed by atoms with Crippen LogP contribution in [0.2, 0.25) is 0 Å². The molecule has 1 aromatic rings. The minimum atomic E-state index is -0.241. The van der Waals surface area contributed by atoms with Crippen molar-refractivity contribution in [2.45, 2.75) is 24.9 Å². The van der Waals surface area contributed by atoms with Gasteiger partial charge in [-0.25, -0.2) is 4.79 Å². The lowest BCUT2D eigenvalue weighted by Gasteiger charge is -2.40. The van der Waals surface area contributed by atoms with E-state index < -0.39 is 0 Å². The molecule has 1 heterocycles. The van der Waals surface area contributed by atoms with Crippen molar-refractivity contribution in [1.82, 2.24) is 14.9 Å². The largest absolute Gasteiger partial charge is 0.376 e. The third kappa shape index (κ3) is 2.48. The van der Waals surface area contributed by atoms with Crippen molar-refractivity contribution < 1.29 is 9.53 Å². The number of carbonyl (C=O) groups excluding carboxylic acids is 1. The van der Waals surface area contributed by atoms with E-state index in [0.717, 1.165) is 30.8 Å². The van der Waals surface area contributed by atoms with Crippen molar-refractivity contribution >= 4 is 22.6 Å². The number of methoxy groups -OCH3 is 1. The molecule has 0 aromatic carbocycles. The molecule has 0 radical (unpaired) electrons. The van der Waals surface area contributed by atoms with Gasteiger partial charge in [-0.05, 0) is 19.3 Å². The van der Waals surface area contributed by atoms with Crippen LogP contribution in [0.15, 0.2) is 6.20 Å². The zero-order chi connectivity index (χ0) is 11.4. The fraction of sp³-hybridized carbons (Fsp3) is 0.667. The number of anilines is 1. The number of ether oxygens (including phenoxy) is 1. The zero-order valence-electron chi connectivity index (χ0n) is 9.02. The van der Waals surface area contributed by atoms with Gasteiger partial charge in [-0.3, -0.25) is 5.32 Å². The van der Waals surface area contributed by atoms with E-state index in [1.165, 1.54) is 6.20 Å². The summed E-state index contributed by atoms with van der Waals surface area (Å²) in [5.41, 5.74) is -0.150. The van der Waals surface area contributed by atoms with Crippen LogP contribution >= 0.6 is 11.5 Å². The summed E-state index contributed by atoms with van der Waals surface area (Å²) in [6, 6.07) is -0.241. The van der Waals surface area contributed by atoms with Gasteiger partial charge in [0.25, 0.3) is 0 Å². The Bertz CT molecular complexity index is 345. The molecule has 1 saturated carbocycles. The summed E-state index contributed by atoms with van der Waals surface area (Å²) < 4.78 is 9.05. The quantitative estimate of drug-likeness (QED) is 0.832. The van der Waals surface area contributed by atoms with E-state index in [9.17, 15) is 4.79 Å². The van der Waals surface area contributed by atoms with E-state index in [4.69, 9.17) is 4.74 Å². The van der Waals surface area contributed by atoms with Crippen LogP contribution in [-0.4, -0.2) is 34.9 Å². The van der Waals surface area contributed by atoms with Crippen LogP contribution in [0.3, 0.4) is 0 Å². The normalized spacial score (nSPS) is 17.6. The van der Waals surface area contributed by atoms with Crippen molar-refractivity contribution in [3.05, 3.63) is 6.20 Å². The van der Waals surface area contributed by atoms with Crippen LogP contribution in [0.4, 0.5) is 9.80 Å². The maximum Gasteiger partial charge on any atom is 0.320 e. The molecule has 0 aliphatic heterocycles. The molecule has 1 aliphatic carbocycles. The average molecular weight is 242 g/mol.